The van der Waals surface area contributed by atoms with Gasteiger partial charge in [0, 0.05) is 18.3 Å². The van der Waals surface area contributed by atoms with Crippen LogP contribution < -0.4 is 10.6 Å². The zero-order valence-corrected chi connectivity index (χ0v) is 12.9. The quantitative estimate of drug-likeness (QED) is 0.877. The largest absolute Gasteiger partial charge is 0.388 e. The van der Waals surface area contributed by atoms with E-state index in [1.165, 1.54) is 0 Å². The molecule has 1 heterocycles. The predicted octanol–water partition coefficient (Wildman–Crippen LogP) is 3.57. The summed E-state index contributed by atoms with van der Waals surface area (Å²) in [6, 6.07) is 11.8. The molecule has 0 aliphatic heterocycles. The predicted molar refractivity (Wildman–Crippen MR) is 88.4 cm³/mol. The van der Waals surface area contributed by atoms with E-state index in [4.69, 9.17) is 29.6 Å². The van der Waals surface area contributed by atoms with Crippen LogP contribution in [0.4, 0.5) is 5.69 Å². The Hall–Kier alpha value is -1.65. The van der Waals surface area contributed by atoms with E-state index in [1.807, 2.05) is 43.4 Å². The van der Waals surface area contributed by atoms with Gasteiger partial charge in [-0.25, -0.2) is 0 Å². The highest BCUT2D eigenvalue weighted by Crippen LogP contribution is 2.28. The van der Waals surface area contributed by atoms with Crippen LogP contribution in [0.15, 0.2) is 42.6 Å². The number of nitrogens with zero attached hydrogens (tertiary/aromatic N) is 2. The lowest BCUT2D eigenvalue weighted by Crippen LogP contribution is -2.25. The van der Waals surface area contributed by atoms with Crippen molar-refractivity contribution in [2.24, 2.45) is 5.73 Å². The maximum Gasteiger partial charge on any atom is 0.124 e. The van der Waals surface area contributed by atoms with Gasteiger partial charge in [0.05, 0.1) is 11.7 Å². The summed E-state index contributed by atoms with van der Waals surface area (Å²) < 4.78 is 0. The molecule has 1 unspecified atom stereocenters. The number of hydrogen-bond donors (Lipinski definition) is 1. The van der Waals surface area contributed by atoms with Gasteiger partial charge in [0.1, 0.15) is 10.7 Å². The van der Waals surface area contributed by atoms with Crippen LogP contribution in [0.5, 0.6) is 0 Å². The molecule has 20 heavy (non-hydrogen) atoms. The molecule has 1 aromatic heterocycles. The van der Waals surface area contributed by atoms with E-state index in [0.29, 0.717) is 10.7 Å². The Morgan fingerprint density at radius 3 is 2.75 bits per heavy atom. The zero-order chi connectivity index (χ0) is 14.7. The van der Waals surface area contributed by atoms with Crippen molar-refractivity contribution in [2.75, 3.05) is 11.9 Å². The summed E-state index contributed by atoms with van der Waals surface area (Å²) in [4.78, 5) is 6.65. The summed E-state index contributed by atoms with van der Waals surface area (Å²) in [5.74, 6) is 0. The van der Waals surface area contributed by atoms with Crippen LogP contribution in [0, 0.1) is 0 Å². The summed E-state index contributed by atoms with van der Waals surface area (Å²) in [7, 11) is 1.99. The first-order valence-corrected chi connectivity index (χ1v) is 7.02. The van der Waals surface area contributed by atoms with Crippen LogP contribution in [-0.2, 0) is 0 Å². The van der Waals surface area contributed by atoms with Gasteiger partial charge in [-0.1, -0.05) is 36.0 Å². The molecule has 2 aromatic rings. The first-order valence-electron chi connectivity index (χ1n) is 6.24. The Morgan fingerprint density at radius 2 is 2.10 bits per heavy atom. The number of thiocarbonyl (C=S) groups is 1. The Bertz CT molecular complexity index is 630. The molecule has 0 bridgehead atoms. The van der Waals surface area contributed by atoms with Gasteiger partial charge in [0.25, 0.3) is 0 Å². The number of halogens is 1. The number of benzene rings is 1. The van der Waals surface area contributed by atoms with Crippen molar-refractivity contribution in [1.82, 2.24) is 4.98 Å². The molecular weight excluding hydrogens is 290 g/mol. The summed E-state index contributed by atoms with van der Waals surface area (Å²) in [5.41, 5.74) is 8.41. The molecular formula is C15H16ClN3S. The van der Waals surface area contributed by atoms with Crippen molar-refractivity contribution in [3.63, 3.8) is 0 Å². The molecule has 3 nitrogen and oxygen atoms in total. The Balaban J connectivity index is 2.36. The minimum absolute atomic E-state index is 0.131. The van der Waals surface area contributed by atoms with Gasteiger partial charge in [0.15, 0.2) is 0 Å². The number of nitrogens with two attached hydrogens (primary N) is 1. The van der Waals surface area contributed by atoms with E-state index in [2.05, 4.69) is 16.8 Å². The molecule has 2 rings (SSSR count). The molecule has 0 radical (unpaired) electrons. The second-order valence-corrected chi connectivity index (χ2v) is 5.45. The molecule has 104 valence electrons. The van der Waals surface area contributed by atoms with Gasteiger partial charge in [0.2, 0.25) is 0 Å². The van der Waals surface area contributed by atoms with Crippen LogP contribution in [0.3, 0.4) is 0 Å². The molecule has 0 saturated carbocycles. The second-order valence-electron chi connectivity index (χ2n) is 4.58. The number of anilines is 1. The molecule has 0 fully saturated rings. The molecule has 0 amide bonds. The fourth-order valence-corrected chi connectivity index (χ4v) is 2.43. The second kappa shape index (κ2) is 6.20. The minimum atomic E-state index is 0.131. The van der Waals surface area contributed by atoms with Gasteiger partial charge >= 0.3 is 0 Å². The van der Waals surface area contributed by atoms with Crippen LogP contribution in [0.25, 0.3) is 0 Å². The molecule has 5 heteroatoms. The average molecular weight is 306 g/mol. The van der Waals surface area contributed by atoms with Crippen molar-refractivity contribution in [3.05, 3.63) is 58.9 Å². The Morgan fingerprint density at radius 1 is 1.35 bits per heavy atom. The van der Waals surface area contributed by atoms with E-state index in [-0.39, 0.29) is 6.04 Å². The maximum atomic E-state index is 6.05. The normalized spacial score (nSPS) is 11.9. The highest BCUT2D eigenvalue weighted by atomic mass is 35.5. The summed E-state index contributed by atoms with van der Waals surface area (Å²) in [6.07, 6.45) is 1.69. The van der Waals surface area contributed by atoms with Gasteiger partial charge in [-0.2, -0.15) is 0 Å². The average Bonchev–Trinajstić information content (AvgIpc) is 2.45. The van der Waals surface area contributed by atoms with E-state index in [9.17, 15) is 0 Å². The molecule has 0 saturated heterocycles. The Labute approximate surface area is 129 Å². The zero-order valence-electron chi connectivity index (χ0n) is 11.4. The summed E-state index contributed by atoms with van der Waals surface area (Å²) in [5, 5.41) is 0.725. The highest BCUT2D eigenvalue weighted by Gasteiger charge is 2.17. The lowest BCUT2D eigenvalue weighted by molar-refractivity contribution is 0.737. The third kappa shape index (κ3) is 3.08. The van der Waals surface area contributed by atoms with Gasteiger partial charge in [-0.05, 0) is 36.8 Å². The molecule has 1 atom stereocenters. The van der Waals surface area contributed by atoms with Gasteiger partial charge < -0.3 is 10.6 Å². The fraction of sp³-hybridized carbons (Fsp3) is 0.200. The van der Waals surface area contributed by atoms with Crippen LogP contribution in [-0.4, -0.2) is 17.0 Å². The molecule has 0 spiro atoms. The standard InChI is InChI=1S/C15H16ClN3S/c1-10(11-5-3-6-12(16)9-11)19(2)13-7-4-8-18-14(13)15(17)20/h3-10H,1-2H3,(H2,17,20). The summed E-state index contributed by atoms with van der Waals surface area (Å²) in [6.45, 7) is 2.10. The van der Waals surface area contributed by atoms with Crippen LogP contribution in [0.2, 0.25) is 5.02 Å². The van der Waals surface area contributed by atoms with Gasteiger partial charge in [-0.15, -0.1) is 0 Å². The number of rotatable bonds is 4. The lowest BCUT2D eigenvalue weighted by Gasteiger charge is -2.28. The van der Waals surface area contributed by atoms with Crippen molar-refractivity contribution < 1.29 is 0 Å². The summed E-state index contributed by atoms with van der Waals surface area (Å²) >= 11 is 11.1. The number of hydrogen-bond acceptors (Lipinski definition) is 3. The van der Waals surface area contributed by atoms with E-state index < -0.39 is 0 Å². The first-order chi connectivity index (χ1) is 9.50. The van der Waals surface area contributed by atoms with E-state index in [1.54, 1.807) is 6.20 Å². The van der Waals surface area contributed by atoms with E-state index >= 15 is 0 Å². The van der Waals surface area contributed by atoms with Crippen LogP contribution in [0.1, 0.15) is 24.2 Å². The smallest absolute Gasteiger partial charge is 0.124 e. The Kier molecular flexibility index (Phi) is 4.57. The SMILES string of the molecule is CC(c1cccc(Cl)c1)N(C)c1cccnc1C(N)=S. The number of pyridine rings is 1. The third-order valence-electron chi connectivity index (χ3n) is 3.31. The topological polar surface area (TPSA) is 42.2 Å². The molecule has 2 N–H and O–H groups in total. The van der Waals surface area contributed by atoms with Crippen molar-refractivity contribution >= 4 is 34.5 Å². The number of aromatic nitrogens is 1. The lowest BCUT2D eigenvalue weighted by atomic mass is 10.1. The fourth-order valence-electron chi connectivity index (χ4n) is 2.07. The minimum Gasteiger partial charge on any atom is -0.388 e. The first kappa shape index (κ1) is 14.8. The monoisotopic (exact) mass is 305 g/mol. The van der Waals surface area contributed by atoms with Gasteiger partial charge in [-0.3, -0.25) is 4.98 Å². The van der Waals surface area contributed by atoms with Crippen molar-refractivity contribution in [1.29, 1.82) is 0 Å². The van der Waals surface area contributed by atoms with Crippen molar-refractivity contribution in [3.8, 4) is 0 Å². The highest BCUT2D eigenvalue weighted by molar-refractivity contribution is 7.80. The van der Waals surface area contributed by atoms with Crippen LogP contribution >= 0.6 is 23.8 Å². The maximum absolute atomic E-state index is 6.05. The van der Waals surface area contributed by atoms with E-state index in [0.717, 1.165) is 16.3 Å². The third-order valence-corrected chi connectivity index (χ3v) is 3.74. The molecule has 0 aliphatic rings. The van der Waals surface area contributed by atoms with Crippen molar-refractivity contribution in [2.45, 2.75) is 13.0 Å². The molecule has 0 aliphatic carbocycles. The molecule has 1 aromatic carbocycles.